The number of allylic oxidation sites excluding steroid dienone is 4. The summed E-state index contributed by atoms with van der Waals surface area (Å²) in [6, 6.07) is 0. The Morgan fingerprint density at radius 2 is 0.550 bits per heavy atom. The molecule has 236 valence electrons. The van der Waals surface area contributed by atoms with Crippen LogP contribution in [-0.2, 0) is 0 Å². The van der Waals surface area contributed by atoms with Crippen molar-refractivity contribution in [1.82, 2.24) is 0 Å². The van der Waals surface area contributed by atoms with Crippen LogP contribution >= 0.6 is 0 Å². The van der Waals surface area contributed by atoms with Gasteiger partial charge in [0.05, 0.1) is 0 Å². The van der Waals surface area contributed by atoms with Gasteiger partial charge in [0.2, 0.25) is 0 Å². The standard InChI is InChI=1S/C12H24.C12H22.C8H16.C8H14/c2*1-9(2)7-8-12(10(3)4)11(5)6;2*1-7(2)5-6-8(3)4/h7-12H,1-6H3;9-12H,1-6H3;5-8H,1-4H3;7-8H,1-4H3/b8-7+;;6-5+;. The van der Waals surface area contributed by atoms with Gasteiger partial charge in [-0.05, 0) is 47.3 Å². The molecule has 0 spiro atoms. The van der Waals surface area contributed by atoms with Gasteiger partial charge in [-0.3, -0.25) is 0 Å². The van der Waals surface area contributed by atoms with Gasteiger partial charge in [-0.2, -0.15) is 0 Å². The maximum absolute atomic E-state index is 3.37. The van der Waals surface area contributed by atoms with Crippen LogP contribution in [0.25, 0.3) is 0 Å². The lowest BCUT2D eigenvalue weighted by Gasteiger charge is -2.21. The predicted molar refractivity (Wildman–Crippen MR) is 189 cm³/mol. The van der Waals surface area contributed by atoms with Crippen LogP contribution in [0.2, 0.25) is 0 Å². The highest BCUT2D eigenvalue weighted by molar-refractivity contribution is 5.07. The highest BCUT2D eigenvalue weighted by atomic mass is 14.2. The van der Waals surface area contributed by atoms with E-state index < -0.39 is 0 Å². The normalized spacial score (nSPS) is 11.6. The van der Waals surface area contributed by atoms with Crippen LogP contribution in [0, 0.1) is 94.7 Å². The summed E-state index contributed by atoms with van der Waals surface area (Å²) < 4.78 is 0. The average Bonchev–Trinajstić information content (AvgIpc) is 2.76. The maximum Gasteiger partial charge on any atom is 0.0248 e. The molecule has 0 unspecified atom stereocenters. The van der Waals surface area contributed by atoms with Gasteiger partial charge in [-0.1, -0.05) is 169 Å². The van der Waals surface area contributed by atoms with E-state index in [0.29, 0.717) is 53.3 Å². The van der Waals surface area contributed by atoms with Crippen LogP contribution < -0.4 is 0 Å². The summed E-state index contributed by atoms with van der Waals surface area (Å²) in [4.78, 5) is 0. The second-order valence-electron chi connectivity index (χ2n) is 14.6. The van der Waals surface area contributed by atoms with E-state index in [1.807, 2.05) is 0 Å². The summed E-state index contributed by atoms with van der Waals surface area (Å²) in [5.74, 6) is 20.7. The Morgan fingerprint density at radius 1 is 0.300 bits per heavy atom. The van der Waals surface area contributed by atoms with Gasteiger partial charge >= 0.3 is 0 Å². The minimum Gasteiger partial charge on any atom is -0.100 e. The van der Waals surface area contributed by atoms with Crippen LogP contribution in [0.4, 0.5) is 0 Å². The van der Waals surface area contributed by atoms with Crippen molar-refractivity contribution in [3.63, 3.8) is 0 Å². The second kappa shape index (κ2) is 27.8. The fourth-order valence-electron chi connectivity index (χ4n) is 3.71. The Kier molecular flexibility index (Phi) is 31.6. The van der Waals surface area contributed by atoms with Crippen molar-refractivity contribution in [1.29, 1.82) is 0 Å². The maximum atomic E-state index is 3.37. The molecule has 0 aliphatic rings. The van der Waals surface area contributed by atoms with Crippen molar-refractivity contribution >= 4 is 0 Å². The molecule has 0 nitrogen and oxygen atoms in total. The third-order valence-electron chi connectivity index (χ3n) is 5.77. The highest BCUT2D eigenvalue weighted by Gasteiger charge is 2.14. The number of hydrogen-bond acceptors (Lipinski definition) is 0. The zero-order chi connectivity index (χ0) is 32.6. The molecular weight excluding hydrogens is 480 g/mol. The van der Waals surface area contributed by atoms with E-state index in [4.69, 9.17) is 0 Å². The van der Waals surface area contributed by atoms with Gasteiger partial charge in [0, 0.05) is 23.7 Å². The topological polar surface area (TPSA) is 0 Å². The first-order chi connectivity index (χ1) is 18.1. The molecule has 0 aromatic carbocycles. The van der Waals surface area contributed by atoms with Crippen LogP contribution in [0.1, 0.15) is 138 Å². The second-order valence-corrected chi connectivity index (χ2v) is 14.6. The lowest BCUT2D eigenvalue weighted by atomic mass is 9.85. The Bertz CT molecular complexity index is 673. The molecule has 40 heavy (non-hydrogen) atoms. The fraction of sp³-hybridized carbons (Fsp3) is 0.800. The van der Waals surface area contributed by atoms with E-state index in [1.165, 1.54) is 0 Å². The summed E-state index contributed by atoms with van der Waals surface area (Å²) in [5, 5.41) is 0. The number of rotatable bonds is 8. The largest absolute Gasteiger partial charge is 0.100 e. The molecule has 0 radical (unpaired) electrons. The molecule has 0 aromatic rings. The third-order valence-corrected chi connectivity index (χ3v) is 5.77. The molecule has 0 heteroatoms. The lowest BCUT2D eigenvalue weighted by molar-refractivity contribution is 0.354. The summed E-state index contributed by atoms with van der Waals surface area (Å²) in [6.07, 6.45) is 9.19. The molecule has 0 saturated carbocycles. The van der Waals surface area contributed by atoms with Crippen molar-refractivity contribution in [3.05, 3.63) is 24.3 Å². The van der Waals surface area contributed by atoms with Crippen LogP contribution in [0.15, 0.2) is 24.3 Å². The zero-order valence-corrected chi connectivity index (χ0v) is 31.2. The Hall–Kier alpha value is -1.40. The zero-order valence-electron chi connectivity index (χ0n) is 31.2. The van der Waals surface area contributed by atoms with Gasteiger partial charge in [-0.15, -0.1) is 17.8 Å². The van der Waals surface area contributed by atoms with Gasteiger partial charge in [0.25, 0.3) is 0 Å². The molecule has 0 rings (SSSR count). The summed E-state index contributed by atoms with van der Waals surface area (Å²) in [5.41, 5.74) is 0. The first kappa shape index (κ1) is 45.6. The van der Waals surface area contributed by atoms with E-state index in [2.05, 4.69) is 186 Å². The first-order valence-corrected chi connectivity index (χ1v) is 16.5. The van der Waals surface area contributed by atoms with E-state index in [-0.39, 0.29) is 0 Å². The predicted octanol–water partition coefficient (Wildman–Crippen LogP) is 12.9. The molecule has 0 aliphatic carbocycles. The lowest BCUT2D eigenvalue weighted by Crippen LogP contribution is -2.13. The molecule has 0 heterocycles. The van der Waals surface area contributed by atoms with Crippen LogP contribution in [-0.4, -0.2) is 0 Å². The Morgan fingerprint density at radius 3 is 0.750 bits per heavy atom. The molecule has 0 atom stereocenters. The Labute approximate surface area is 257 Å². The molecule has 0 bridgehead atoms. The first-order valence-electron chi connectivity index (χ1n) is 16.5. The van der Waals surface area contributed by atoms with Crippen molar-refractivity contribution in [2.75, 3.05) is 0 Å². The minimum absolute atomic E-state index is 0.505. The summed E-state index contributed by atoms with van der Waals surface area (Å²) in [6.45, 7) is 44.1. The third kappa shape index (κ3) is 38.7. The van der Waals surface area contributed by atoms with E-state index in [1.54, 1.807) is 0 Å². The molecule has 0 aliphatic heterocycles. The van der Waals surface area contributed by atoms with Gasteiger partial charge < -0.3 is 0 Å². The van der Waals surface area contributed by atoms with E-state index in [0.717, 1.165) is 17.8 Å². The van der Waals surface area contributed by atoms with Crippen molar-refractivity contribution in [2.24, 2.45) is 71.0 Å². The van der Waals surface area contributed by atoms with E-state index in [9.17, 15) is 0 Å². The smallest absolute Gasteiger partial charge is 0.0248 e. The average molecular weight is 557 g/mol. The van der Waals surface area contributed by atoms with Crippen molar-refractivity contribution in [3.8, 4) is 23.7 Å². The quantitative estimate of drug-likeness (QED) is 0.206. The molecular formula is C40H76. The van der Waals surface area contributed by atoms with E-state index >= 15 is 0 Å². The van der Waals surface area contributed by atoms with Gasteiger partial charge in [-0.25, -0.2) is 0 Å². The molecule has 0 amide bonds. The number of hydrogen-bond donors (Lipinski definition) is 0. The van der Waals surface area contributed by atoms with Crippen molar-refractivity contribution < 1.29 is 0 Å². The fourth-order valence-corrected chi connectivity index (χ4v) is 3.71. The van der Waals surface area contributed by atoms with Crippen LogP contribution in [0.5, 0.6) is 0 Å². The summed E-state index contributed by atoms with van der Waals surface area (Å²) >= 11 is 0. The molecule has 0 saturated heterocycles. The summed E-state index contributed by atoms with van der Waals surface area (Å²) in [7, 11) is 0. The highest BCUT2D eigenvalue weighted by Crippen LogP contribution is 2.22. The molecule has 0 fully saturated rings. The minimum atomic E-state index is 0.505. The SMILES string of the molecule is CC(C)/C=C/C(C(C)C)C(C)C.CC(C)/C=C/C(C)C.CC(C)C#CC(C(C)C)C(C)C.CC(C)C#CC(C)C. The van der Waals surface area contributed by atoms with Crippen molar-refractivity contribution in [2.45, 2.75) is 138 Å². The van der Waals surface area contributed by atoms with Gasteiger partial charge in [0.15, 0.2) is 0 Å². The Balaban J connectivity index is -0.000000220. The molecule has 0 N–H and O–H groups in total. The monoisotopic (exact) mass is 557 g/mol. The van der Waals surface area contributed by atoms with Crippen LogP contribution in [0.3, 0.4) is 0 Å². The molecule has 0 aromatic heterocycles. The van der Waals surface area contributed by atoms with Gasteiger partial charge in [0.1, 0.15) is 0 Å².